The first-order valence-electron chi connectivity index (χ1n) is 5.31. The van der Waals surface area contributed by atoms with Crippen molar-refractivity contribution in [2.45, 2.75) is 27.2 Å². The Morgan fingerprint density at radius 2 is 2.14 bits per heavy atom. The number of fused-ring (bicyclic) bond motifs is 1. The van der Waals surface area contributed by atoms with Crippen LogP contribution in [0.4, 0.5) is 0 Å². The number of hydrogen-bond donors (Lipinski definition) is 1. The second-order valence-corrected chi connectivity index (χ2v) is 3.65. The second kappa shape index (κ2) is 4.45. The molecular weight excluding hydrogens is 176 g/mol. The van der Waals surface area contributed by atoms with E-state index in [-0.39, 0.29) is 5.92 Å². The van der Waals surface area contributed by atoms with Gasteiger partial charge in [-0.05, 0) is 30.8 Å². The van der Waals surface area contributed by atoms with Gasteiger partial charge in [0.05, 0.1) is 5.92 Å². The highest BCUT2D eigenvalue weighted by atomic mass is 16.4. The fourth-order valence-electron chi connectivity index (χ4n) is 1.62. The maximum absolute atomic E-state index is 10.6. The SMILES string of the molecule is CC.CC(C(=O)O)C1=CC2CC2C=C1. The molecule has 2 aliphatic carbocycles. The highest BCUT2D eigenvalue weighted by molar-refractivity contribution is 5.74. The molecule has 14 heavy (non-hydrogen) atoms. The lowest BCUT2D eigenvalue weighted by atomic mass is 9.96. The van der Waals surface area contributed by atoms with Crippen LogP contribution < -0.4 is 0 Å². The molecular formula is C12H18O2. The molecule has 0 spiro atoms. The van der Waals surface area contributed by atoms with Crippen molar-refractivity contribution in [1.29, 1.82) is 0 Å². The number of carboxylic acid groups (broad SMARTS) is 1. The molecule has 78 valence electrons. The quantitative estimate of drug-likeness (QED) is 0.734. The molecule has 2 nitrogen and oxygen atoms in total. The molecule has 3 atom stereocenters. The van der Waals surface area contributed by atoms with Crippen molar-refractivity contribution in [3.05, 3.63) is 23.8 Å². The van der Waals surface area contributed by atoms with Gasteiger partial charge in [0, 0.05) is 0 Å². The van der Waals surface area contributed by atoms with Crippen molar-refractivity contribution >= 4 is 5.97 Å². The fraction of sp³-hybridized carbons (Fsp3) is 0.583. The Balaban J connectivity index is 0.000000461. The van der Waals surface area contributed by atoms with Gasteiger partial charge < -0.3 is 5.11 Å². The van der Waals surface area contributed by atoms with Gasteiger partial charge in [-0.2, -0.15) is 0 Å². The third kappa shape index (κ3) is 2.25. The lowest BCUT2D eigenvalue weighted by Crippen LogP contribution is -2.12. The van der Waals surface area contributed by atoms with Crippen LogP contribution in [0.15, 0.2) is 23.8 Å². The maximum Gasteiger partial charge on any atom is 0.310 e. The van der Waals surface area contributed by atoms with Gasteiger partial charge in [0.2, 0.25) is 0 Å². The summed E-state index contributed by atoms with van der Waals surface area (Å²) in [6.45, 7) is 5.74. The first-order chi connectivity index (χ1) is 6.68. The average molecular weight is 194 g/mol. The van der Waals surface area contributed by atoms with E-state index in [2.05, 4.69) is 12.2 Å². The lowest BCUT2D eigenvalue weighted by Gasteiger charge is -2.09. The Morgan fingerprint density at radius 1 is 1.50 bits per heavy atom. The van der Waals surface area contributed by atoms with Crippen molar-refractivity contribution < 1.29 is 9.90 Å². The minimum Gasteiger partial charge on any atom is -0.481 e. The zero-order valence-corrected chi connectivity index (χ0v) is 9.03. The summed E-state index contributed by atoms with van der Waals surface area (Å²) in [5.74, 6) is 0.286. The Labute approximate surface area is 85.3 Å². The van der Waals surface area contributed by atoms with E-state index in [1.807, 2.05) is 19.9 Å². The van der Waals surface area contributed by atoms with Crippen LogP contribution in [0.25, 0.3) is 0 Å². The molecule has 0 radical (unpaired) electrons. The number of rotatable bonds is 2. The summed E-state index contributed by atoms with van der Waals surface area (Å²) < 4.78 is 0. The number of carboxylic acids is 1. The van der Waals surface area contributed by atoms with E-state index in [1.54, 1.807) is 6.92 Å². The van der Waals surface area contributed by atoms with Crippen LogP contribution in [0, 0.1) is 17.8 Å². The summed E-state index contributed by atoms with van der Waals surface area (Å²) in [5, 5.41) is 8.76. The fourth-order valence-corrected chi connectivity index (χ4v) is 1.62. The molecule has 0 amide bonds. The van der Waals surface area contributed by atoms with E-state index in [0.717, 1.165) is 11.5 Å². The van der Waals surface area contributed by atoms with Crippen LogP contribution in [0.2, 0.25) is 0 Å². The van der Waals surface area contributed by atoms with E-state index in [9.17, 15) is 4.79 Å². The molecule has 0 aromatic heterocycles. The summed E-state index contributed by atoms with van der Waals surface area (Å²) in [4.78, 5) is 10.6. The maximum atomic E-state index is 10.6. The smallest absolute Gasteiger partial charge is 0.310 e. The number of aliphatic carboxylic acids is 1. The first kappa shape index (κ1) is 11.0. The predicted molar refractivity (Wildman–Crippen MR) is 57.0 cm³/mol. The molecule has 1 fully saturated rings. The third-order valence-electron chi connectivity index (χ3n) is 2.70. The summed E-state index contributed by atoms with van der Waals surface area (Å²) in [7, 11) is 0. The summed E-state index contributed by atoms with van der Waals surface area (Å²) in [6, 6.07) is 0. The molecule has 1 N–H and O–H groups in total. The lowest BCUT2D eigenvalue weighted by molar-refractivity contribution is -0.139. The van der Waals surface area contributed by atoms with Crippen LogP contribution >= 0.6 is 0 Å². The normalized spacial score (nSPS) is 29.2. The zero-order valence-electron chi connectivity index (χ0n) is 9.03. The minimum absolute atomic E-state index is 0.345. The Morgan fingerprint density at radius 3 is 2.64 bits per heavy atom. The highest BCUT2D eigenvalue weighted by Crippen LogP contribution is 2.45. The number of allylic oxidation sites excluding steroid dienone is 3. The van der Waals surface area contributed by atoms with Crippen LogP contribution in [0.5, 0.6) is 0 Å². The molecule has 0 saturated heterocycles. The summed E-state index contributed by atoms with van der Waals surface area (Å²) >= 11 is 0. The van der Waals surface area contributed by atoms with Gasteiger partial charge >= 0.3 is 5.97 Å². The van der Waals surface area contributed by atoms with Gasteiger partial charge in [0.15, 0.2) is 0 Å². The molecule has 0 bridgehead atoms. The van der Waals surface area contributed by atoms with Gasteiger partial charge in [0.25, 0.3) is 0 Å². The first-order valence-corrected chi connectivity index (χ1v) is 5.31. The Kier molecular flexibility index (Phi) is 3.50. The highest BCUT2D eigenvalue weighted by Gasteiger charge is 2.36. The average Bonchev–Trinajstić information content (AvgIpc) is 2.97. The van der Waals surface area contributed by atoms with Crippen LogP contribution in [0.1, 0.15) is 27.2 Å². The second-order valence-electron chi connectivity index (χ2n) is 3.65. The Bertz CT molecular complexity index is 276. The topological polar surface area (TPSA) is 37.3 Å². The van der Waals surface area contributed by atoms with E-state index in [4.69, 9.17) is 5.11 Å². The van der Waals surface area contributed by atoms with E-state index in [1.165, 1.54) is 6.42 Å². The Hall–Kier alpha value is -1.05. The largest absolute Gasteiger partial charge is 0.481 e. The predicted octanol–water partition coefficient (Wildman–Crippen LogP) is 2.87. The van der Waals surface area contributed by atoms with Crippen molar-refractivity contribution in [1.82, 2.24) is 0 Å². The van der Waals surface area contributed by atoms with Crippen LogP contribution in [-0.2, 0) is 4.79 Å². The summed E-state index contributed by atoms with van der Waals surface area (Å²) in [6.07, 6.45) is 7.43. The standard InChI is InChI=1S/C10H12O2.C2H6/c1-6(10(11)12)7-2-3-8-5-9(8)4-7;1-2/h2-4,6,8-9H,5H2,1H3,(H,11,12);1-2H3. The molecule has 2 heteroatoms. The summed E-state index contributed by atoms with van der Waals surface area (Å²) in [5.41, 5.74) is 0.973. The van der Waals surface area contributed by atoms with Crippen LogP contribution in [0.3, 0.4) is 0 Å². The van der Waals surface area contributed by atoms with Gasteiger partial charge in [-0.25, -0.2) is 0 Å². The molecule has 3 unspecified atom stereocenters. The van der Waals surface area contributed by atoms with Gasteiger partial charge in [-0.1, -0.05) is 32.1 Å². The number of carbonyl (C=O) groups is 1. The third-order valence-corrected chi connectivity index (χ3v) is 2.70. The molecule has 0 aliphatic heterocycles. The molecule has 1 saturated carbocycles. The van der Waals surface area contributed by atoms with Crippen LogP contribution in [-0.4, -0.2) is 11.1 Å². The molecule has 2 aliphatic rings. The van der Waals surface area contributed by atoms with Gasteiger partial charge in [-0.15, -0.1) is 0 Å². The van der Waals surface area contributed by atoms with E-state index in [0.29, 0.717) is 5.92 Å². The molecule has 2 rings (SSSR count). The van der Waals surface area contributed by atoms with Crippen molar-refractivity contribution in [3.63, 3.8) is 0 Å². The van der Waals surface area contributed by atoms with Crippen molar-refractivity contribution in [2.75, 3.05) is 0 Å². The van der Waals surface area contributed by atoms with E-state index < -0.39 is 5.97 Å². The number of hydrogen-bond acceptors (Lipinski definition) is 1. The molecule has 0 aromatic carbocycles. The van der Waals surface area contributed by atoms with Gasteiger partial charge in [0.1, 0.15) is 0 Å². The van der Waals surface area contributed by atoms with Crippen molar-refractivity contribution in [2.24, 2.45) is 17.8 Å². The van der Waals surface area contributed by atoms with E-state index >= 15 is 0 Å². The zero-order chi connectivity index (χ0) is 10.7. The van der Waals surface area contributed by atoms with Gasteiger partial charge in [-0.3, -0.25) is 4.79 Å². The molecule has 0 heterocycles. The van der Waals surface area contributed by atoms with Crippen molar-refractivity contribution in [3.8, 4) is 0 Å². The molecule has 0 aromatic rings. The minimum atomic E-state index is -0.731. The monoisotopic (exact) mass is 194 g/mol.